The molecular formula is C50H69NO7. The molecule has 3 aromatic carbocycles. The minimum absolute atomic E-state index is 0.219. The van der Waals surface area contributed by atoms with Gasteiger partial charge < -0.3 is 28.4 Å². The summed E-state index contributed by atoms with van der Waals surface area (Å²) in [6.07, 6.45) is 14.7. The van der Waals surface area contributed by atoms with E-state index in [1.807, 2.05) is 62.4 Å². The maximum atomic E-state index is 10.3. The molecular weight excluding hydrogens is 727 g/mol. The SMILES string of the molecule is C=C1C=CC=CC1=NC1=C(C)c2ccccc2C1(c1ccc(OCCOCCOC)cc1)c1ccc(OCCOCCOC=O)cc1.CC.CCCC.CCCCC. The second-order valence-electron chi connectivity index (χ2n) is 13.3. The van der Waals surface area contributed by atoms with Crippen LogP contribution in [0.3, 0.4) is 0 Å². The molecule has 2 aliphatic carbocycles. The first kappa shape index (κ1) is 49.4. The first-order valence-electron chi connectivity index (χ1n) is 21.0. The Labute approximate surface area is 349 Å². The maximum absolute atomic E-state index is 10.3. The molecule has 0 aliphatic heterocycles. The Bertz CT molecular complexity index is 1720. The van der Waals surface area contributed by atoms with Gasteiger partial charge in [0.05, 0.1) is 49.9 Å². The van der Waals surface area contributed by atoms with Gasteiger partial charge in [-0.3, -0.25) is 9.79 Å². The molecule has 0 saturated carbocycles. The first-order chi connectivity index (χ1) is 28.4. The predicted octanol–water partition coefficient (Wildman–Crippen LogP) is 11.5. The maximum Gasteiger partial charge on any atom is 0.293 e. The number of hydrogen-bond acceptors (Lipinski definition) is 8. The predicted molar refractivity (Wildman–Crippen MR) is 240 cm³/mol. The van der Waals surface area contributed by atoms with Crippen LogP contribution in [-0.2, 0) is 29.2 Å². The summed E-state index contributed by atoms with van der Waals surface area (Å²) in [6, 6.07) is 24.9. The van der Waals surface area contributed by atoms with Crippen molar-refractivity contribution >= 4 is 17.8 Å². The molecule has 8 nitrogen and oxygen atoms in total. The van der Waals surface area contributed by atoms with Crippen LogP contribution in [0, 0.1) is 0 Å². The van der Waals surface area contributed by atoms with Gasteiger partial charge in [-0.25, -0.2) is 0 Å². The van der Waals surface area contributed by atoms with Crippen molar-refractivity contribution in [1.82, 2.24) is 0 Å². The van der Waals surface area contributed by atoms with Gasteiger partial charge in [0.25, 0.3) is 6.47 Å². The molecule has 8 heteroatoms. The number of rotatable bonds is 21. The van der Waals surface area contributed by atoms with Crippen LogP contribution in [0.1, 0.15) is 103 Å². The van der Waals surface area contributed by atoms with Crippen molar-refractivity contribution in [3.8, 4) is 11.5 Å². The third kappa shape index (κ3) is 14.9. The largest absolute Gasteiger partial charge is 0.491 e. The van der Waals surface area contributed by atoms with E-state index in [2.05, 4.69) is 94.5 Å². The van der Waals surface area contributed by atoms with E-state index in [1.165, 1.54) is 32.1 Å². The van der Waals surface area contributed by atoms with Gasteiger partial charge in [-0.1, -0.05) is 147 Å². The zero-order valence-electron chi connectivity index (χ0n) is 36.5. The molecule has 0 fully saturated rings. The van der Waals surface area contributed by atoms with Gasteiger partial charge in [0.1, 0.15) is 31.3 Å². The van der Waals surface area contributed by atoms with E-state index in [-0.39, 0.29) is 6.61 Å². The quantitative estimate of drug-likeness (QED) is 0.0784. The van der Waals surface area contributed by atoms with Crippen molar-refractivity contribution in [2.24, 2.45) is 4.99 Å². The van der Waals surface area contributed by atoms with E-state index < -0.39 is 5.41 Å². The lowest BCUT2D eigenvalue weighted by Gasteiger charge is -2.34. The zero-order valence-corrected chi connectivity index (χ0v) is 36.5. The van der Waals surface area contributed by atoms with Crippen LogP contribution in [0.2, 0.25) is 0 Å². The minimum atomic E-state index is -0.717. The van der Waals surface area contributed by atoms with Crippen molar-refractivity contribution in [3.63, 3.8) is 0 Å². The van der Waals surface area contributed by atoms with Crippen LogP contribution in [0.15, 0.2) is 120 Å². The third-order valence-corrected chi connectivity index (χ3v) is 9.29. The van der Waals surface area contributed by atoms with Crippen LogP contribution >= 0.6 is 0 Å². The van der Waals surface area contributed by atoms with Crippen LogP contribution in [0.4, 0.5) is 0 Å². The van der Waals surface area contributed by atoms with Gasteiger partial charge in [0, 0.05) is 7.11 Å². The minimum Gasteiger partial charge on any atom is -0.491 e. The Balaban J connectivity index is 0.000000941. The van der Waals surface area contributed by atoms with Gasteiger partial charge in [-0.2, -0.15) is 0 Å². The smallest absolute Gasteiger partial charge is 0.293 e. The van der Waals surface area contributed by atoms with Crippen molar-refractivity contribution in [1.29, 1.82) is 0 Å². The van der Waals surface area contributed by atoms with E-state index in [1.54, 1.807) is 7.11 Å². The molecule has 0 aromatic heterocycles. The highest BCUT2D eigenvalue weighted by Gasteiger charge is 2.47. The molecule has 316 valence electrons. The molecule has 3 aromatic rings. The Morgan fingerprint density at radius 2 is 1.17 bits per heavy atom. The van der Waals surface area contributed by atoms with Gasteiger partial charge in [-0.15, -0.1) is 0 Å². The molecule has 0 radical (unpaired) electrons. The van der Waals surface area contributed by atoms with Crippen LogP contribution < -0.4 is 9.47 Å². The lowest BCUT2D eigenvalue weighted by Crippen LogP contribution is -2.30. The molecule has 0 saturated heterocycles. The molecule has 1 unspecified atom stereocenters. The second-order valence-corrected chi connectivity index (χ2v) is 13.3. The number of hydrogen-bond donors (Lipinski definition) is 0. The molecule has 5 rings (SSSR count). The molecule has 0 N–H and O–H groups in total. The molecule has 0 bridgehead atoms. The molecule has 58 heavy (non-hydrogen) atoms. The lowest BCUT2D eigenvalue weighted by atomic mass is 9.69. The van der Waals surface area contributed by atoms with E-state index in [4.69, 9.17) is 28.7 Å². The standard InChI is InChI=1S/C39H41NO7.C5H12.C4H10.C2H6/c1-29-8-4-7-11-37(29)40-38-30(2)35-9-5-6-10-36(35)39(38,31-12-16-33(17-13-31)46-26-24-43-21-20-42-3)32-14-18-34(19-15-32)47-27-25-44-22-23-45-28-41;1-3-5-4-2;1-3-4-2;1-2/h4-19,28H,1,20-27H2,2-3H3;3-5H2,1-2H3;3-4H2,1-2H3;1-2H3. The van der Waals surface area contributed by atoms with E-state index in [0.717, 1.165) is 56.3 Å². The summed E-state index contributed by atoms with van der Waals surface area (Å²) in [4.78, 5) is 15.7. The van der Waals surface area contributed by atoms with Crippen molar-refractivity contribution in [2.45, 2.75) is 86.0 Å². The highest BCUT2D eigenvalue weighted by atomic mass is 16.6. The summed E-state index contributed by atoms with van der Waals surface area (Å²) >= 11 is 0. The Kier molecular flexibility index (Phi) is 25.1. The van der Waals surface area contributed by atoms with Crippen molar-refractivity contribution in [3.05, 3.63) is 137 Å². The van der Waals surface area contributed by atoms with E-state index in [0.29, 0.717) is 52.7 Å². The summed E-state index contributed by atoms with van der Waals surface area (Å²) in [5.41, 5.74) is 7.43. The number of allylic oxidation sites excluding steroid dienone is 7. The summed E-state index contributed by atoms with van der Waals surface area (Å²) in [7, 11) is 1.65. The Hall–Kier alpha value is -4.76. The average Bonchev–Trinajstić information content (AvgIpc) is 3.51. The van der Waals surface area contributed by atoms with Crippen molar-refractivity contribution in [2.75, 3.05) is 60.0 Å². The monoisotopic (exact) mass is 796 g/mol. The van der Waals surface area contributed by atoms with Gasteiger partial charge in [0.15, 0.2) is 0 Å². The molecule has 0 spiro atoms. The number of carbonyl (C=O) groups excluding carboxylic acids is 1. The van der Waals surface area contributed by atoms with Gasteiger partial charge in [-0.05, 0) is 70.7 Å². The van der Waals surface area contributed by atoms with Crippen LogP contribution in [0.5, 0.6) is 11.5 Å². The molecule has 0 amide bonds. The number of methoxy groups -OCH3 is 1. The average molecular weight is 796 g/mol. The number of ether oxygens (including phenoxy) is 6. The van der Waals surface area contributed by atoms with Crippen molar-refractivity contribution < 1.29 is 33.2 Å². The molecule has 2 aliphatic rings. The second kappa shape index (κ2) is 29.5. The number of unbranched alkanes of at least 4 members (excludes halogenated alkanes) is 3. The number of fused-ring (bicyclic) bond motifs is 1. The van der Waals surface area contributed by atoms with E-state index in [9.17, 15) is 4.79 Å². The topological polar surface area (TPSA) is 84.8 Å². The number of carbonyl (C=O) groups is 1. The summed E-state index contributed by atoms with van der Waals surface area (Å²) in [5, 5.41) is 0. The molecule has 0 heterocycles. The van der Waals surface area contributed by atoms with Gasteiger partial charge >= 0.3 is 0 Å². The normalized spacial score (nSPS) is 15.7. The summed E-state index contributed by atoms with van der Waals surface area (Å²) < 4.78 is 32.7. The fourth-order valence-electron chi connectivity index (χ4n) is 6.23. The summed E-state index contributed by atoms with van der Waals surface area (Å²) in [6.45, 7) is 22.9. The summed E-state index contributed by atoms with van der Waals surface area (Å²) in [5.74, 6) is 1.48. The number of aliphatic imine (C=N–C) groups is 1. The third-order valence-electron chi connectivity index (χ3n) is 9.29. The highest BCUT2D eigenvalue weighted by Crippen LogP contribution is 2.55. The molecule has 1 atom stereocenters. The van der Waals surface area contributed by atoms with Crippen LogP contribution in [-0.4, -0.2) is 72.1 Å². The Morgan fingerprint density at radius 1 is 0.655 bits per heavy atom. The fourth-order valence-corrected chi connectivity index (χ4v) is 6.23. The first-order valence-corrected chi connectivity index (χ1v) is 21.0. The van der Waals surface area contributed by atoms with Crippen LogP contribution in [0.25, 0.3) is 5.57 Å². The lowest BCUT2D eigenvalue weighted by molar-refractivity contribution is -0.130. The highest BCUT2D eigenvalue weighted by molar-refractivity contribution is 6.12. The zero-order chi connectivity index (χ0) is 42.4. The number of nitrogens with zero attached hydrogens (tertiary/aromatic N) is 1. The number of benzene rings is 3. The fraction of sp³-hybridized carbons (Fsp3) is 0.440. The Morgan fingerprint density at radius 3 is 1.66 bits per heavy atom. The van der Waals surface area contributed by atoms with Gasteiger partial charge in [0.2, 0.25) is 0 Å². The van der Waals surface area contributed by atoms with E-state index >= 15 is 0 Å².